The molecule has 2 rings (SSSR count). The van der Waals surface area contributed by atoms with Gasteiger partial charge in [0.2, 0.25) is 5.91 Å². The zero-order chi connectivity index (χ0) is 16.7. The molecule has 2 fully saturated rings. The number of hydrazine groups is 1. The van der Waals surface area contributed by atoms with E-state index >= 15 is 0 Å². The van der Waals surface area contributed by atoms with E-state index in [4.69, 9.17) is 4.55 Å². The highest BCUT2D eigenvalue weighted by atomic mass is 32.3. The SMILES string of the molecule is CC(=O)N(C)NC(=O)[C@@H]1CCC2CN1C(=O)N2OS(=O)(=O)O. The quantitative estimate of drug-likeness (QED) is 0.472. The van der Waals surface area contributed by atoms with Crippen molar-refractivity contribution < 1.29 is 31.6 Å². The number of hydrogen-bond donors (Lipinski definition) is 2. The maximum absolute atomic E-state index is 12.1. The van der Waals surface area contributed by atoms with Crippen molar-refractivity contribution in [2.45, 2.75) is 31.8 Å². The summed E-state index contributed by atoms with van der Waals surface area (Å²) in [5.74, 6) is -0.940. The minimum atomic E-state index is -4.82. The maximum Gasteiger partial charge on any atom is 0.418 e. The van der Waals surface area contributed by atoms with Crippen LogP contribution in [0, 0.1) is 0 Å². The molecule has 2 N–H and O–H groups in total. The molecule has 0 aromatic carbocycles. The molecule has 124 valence electrons. The first-order chi connectivity index (χ1) is 10.1. The molecule has 0 spiro atoms. The number of carbonyl (C=O) groups is 3. The second kappa shape index (κ2) is 5.70. The third-order valence-corrected chi connectivity index (χ3v) is 3.90. The van der Waals surface area contributed by atoms with Gasteiger partial charge in [0.25, 0.3) is 5.91 Å². The smallest absolute Gasteiger partial charge is 0.309 e. The van der Waals surface area contributed by atoms with E-state index in [1.54, 1.807) is 0 Å². The van der Waals surface area contributed by atoms with Crippen LogP contribution in [0.5, 0.6) is 0 Å². The summed E-state index contributed by atoms with van der Waals surface area (Å²) in [7, 11) is -3.46. The van der Waals surface area contributed by atoms with Gasteiger partial charge < -0.3 is 4.90 Å². The van der Waals surface area contributed by atoms with E-state index in [9.17, 15) is 22.8 Å². The van der Waals surface area contributed by atoms with E-state index in [0.717, 1.165) is 9.91 Å². The molecule has 2 heterocycles. The van der Waals surface area contributed by atoms with E-state index in [1.807, 2.05) is 0 Å². The Bertz CT molecular complexity index is 606. The predicted molar refractivity (Wildman–Crippen MR) is 70.0 cm³/mol. The van der Waals surface area contributed by atoms with Crippen LogP contribution >= 0.6 is 0 Å². The molecule has 2 aliphatic rings. The number of carbonyl (C=O) groups excluding carboxylic acids is 3. The summed E-state index contributed by atoms with van der Waals surface area (Å²) in [6.45, 7) is 1.36. The highest BCUT2D eigenvalue weighted by Crippen LogP contribution is 2.30. The van der Waals surface area contributed by atoms with E-state index in [-0.39, 0.29) is 18.9 Å². The number of nitrogens with zero attached hydrogens (tertiary/aromatic N) is 3. The van der Waals surface area contributed by atoms with Crippen molar-refractivity contribution in [3.8, 4) is 0 Å². The zero-order valence-electron chi connectivity index (χ0n) is 11.9. The fraction of sp³-hybridized carbons (Fsp3) is 0.700. The third kappa shape index (κ3) is 3.28. The van der Waals surface area contributed by atoms with Gasteiger partial charge in [-0.1, -0.05) is 0 Å². The summed E-state index contributed by atoms with van der Waals surface area (Å²) >= 11 is 0. The normalized spacial score (nSPS) is 24.4. The van der Waals surface area contributed by atoms with Gasteiger partial charge in [-0.25, -0.2) is 4.79 Å². The zero-order valence-corrected chi connectivity index (χ0v) is 12.7. The Balaban J connectivity index is 2.09. The van der Waals surface area contributed by atoms with Crippen molar-refractivity contribution in [2.24, 2.45) is 0 Å². The van der Waals surface area contributed by atoms with Crippen LogP contribution in [0.2, 0.25) is 0 Å². The molecular weight excluding hydrogens is 320 g/mol. The Morgan fingerprint density at radius 1 is 1.41 bits per heavy atom. The van der Waals surface area contributed by atoms with Crippen LogP contribution in [0.15, 0.2) is 0 Å². The third-order valence-electron chi connectivity index (χ3n) is 3.55. The Labute approximate surface area is 126 Å². The van der Waals surface area contributed by atoms with Crippen molar-refractivity contribution in [1.82, 2.24) is 20.4 Å². The fourth-order valence-corrected chi connectivity index (χ4v) is 2.81. The van der Waals surface area contributed by atoms with Gasteiger partial charge >= 0.3 is 16.4 Å². The summed E-state index contributed by atoms with van der Waals surface area (Å²) in [5.41, 5.74) is 2.34. The molecule has 12 heteroatoms. The van der Waals surface area contributed by atoms with E-state index in [0.29, 0.717) is 11.5 Å². The molecular formula is C10H16N4O7S. The van der Waals surface area contributed by atoms with Crippen molar-refractivity contribution in [2.75, 3.05) is 13.6 Å². The van der Waals surface area contributed by atoms with Gasteiger partial charge in [0.05, 0.1) is 6.04 Å². The highest BCUT2D eigenvalue weighted by Gasteiger charge is 2.49. The summed E-state index contributed by atoms with van der Waals surface area (Å²) < 4.78 is 34.4. The van der Waals surface area contributed by atoms with Crippen LogP contribution in [0.4, 0.5) is 4.79 Å². The first kappa shape index (κ1) is 16.5. The van der Waals surface area contributed by atoms with Gasteiger partial charge in [-0.15, -0.1) is 4.28 Å². The van der Waals surface area contributed by atoms with Crippen molar-refractivity contribution >= 4 is 28.2 Å². The number of piperidine rings is 1. The Morgan fingerprint density at radius 2 is 2.05 bits per heavy atom. The monoisotopic (exact) mass is 336 g/mol. The number of hydroxylamine groups is 2. The lowest BCUT2D eigenvalue weighted by Crippen LogP contribution is -2.54. The molecule has 22 heavy (non-hydrogen) atoms. The van der Waals surface area contributed by atoms with Gasteiger partial charge in [-0.05, 0) is 12.8 Å². The largest absolute Gasteiger partial charge is 0.418 e. The van der Waals surface area contributed by atoms with Crippen molar-refractivity contribution in [3.63, 3.8) is 0 Å². The molecule has 2 bridgehead atoms. The average Bonchev–Trinajstić information content (AvgIpc) is 2.62. The summed E-state index contributed by atoms with van der Waals surface area (Å²) in [4.78, 5) is 36.4. The molecule has 1 unspecified atom stereocenters. The number of urea groups is 1. The minimum absolute atomic E-state index is 0.0935. The number of rotatable bonds is 3. The molecule has 2 saturated heterocycles. The second-order valence-corrected chi connectivity index (χ2v) is 6.07. The Morgan fingerprint density at radius 3 is 2.59 bits per heavy atom. The number of fused-ring (bicyclic) bond motifs is 2. The first-order valence-electron chi connectivity index (χ1n) is 6.42. The summed E-state index contributed by atoms with van der Waals surface area (Å²) in [6.07, 6.45) is 0.596. The average molecular weight is 336 g/mol. The standard InChI is InChI=1S/C10H16N4O7S/c1-6(15)12(2)11-9(16)8-4-3-7-5-13(8)10(17)14(7)21-22(18,19)20/h7-8H,3-5H2,1-2H3,(H,11,16)(H,18,19,20)/t7?,8-/m0/s1. The molecule has 2 atom stereocenters. The number of nitrogens with one attached hydrogen (secondary N) is 1. The van der Waals surface area contributed by atoms with Gasteiger partial charge in [0.1, 0.15) is 6.04 Å². The summed E-state index contributed by atoms with van der Waals surface area (Å²) in [5, 5.41) is 1.54. The van der Waals surface area contributed by atoms with Crippen molar-refractivity contribution in [3.05, 3.63) is 0 Å². The van der Waals surface area contributed by atoms with E-state index in [1.165, 1.54) is 14.0 Å². The van der Waals surface area contributed by atoms with Gasteiger partial charge in [-0.2, -0.15) is 13.5 Å². The van der Waals surface area contributed by atoms with Crippen LogP contribution < -0.4 is 5.43 Å². The topological polar surface area (TPSA) is 137 Å². The molecule has 0 aromatic heterocycles. The molecule has 4 amide bonds. The predicted octanol–water partition coefficient (Wildman–Crippen LogP) is -1.50. The Hall–Kier alpha value is -1.92. The molecule has 0 aromatic rings. The van der Waals surface area contributed by atoms with Crippen LogP contribution in [-0.2, 0) is 24.3 Å². The van der Waals surface area contributed by atoms with E-state index < -0.39 is 34.4 Å². The van der Waals surface area contributed by atoms with Crippen LogP contribution in [0.3, 0.4) is 0 Å². The summed E-state index contributed by atoms with van der Waals surface area (Å²) in [6, 6.07) is -2.24. The highest BCUT2D eigenvalue weighted by molar-refractivity contribution is 7.80. The minimum Gasteiger partial charge on any atom is -0.309 e. The fourth-order valence-electron chi connectivity index (χ4n) is 2.42. The lowest BCUT2D eigenvalue weighted by Gasteiger charge is -2.30. The number of amides is 4. The molecule has 11 nitrogen and oxygen atoms in total. The first-order valence-corrected chi connectivity index (χ1v) is 7.78. The molecule has 0 saturated carbocycles. The maximum atomic E-state index is 12.1. The number of hydrogen-bond acceptors (Lipinski definition) is 6. The van der Waals surface area contributed by atoms with Gasteiger partial charge in [-0.3, -0.25) is 24.6 Å². The van der Waals surface area contributed by atoms with E-state index in [2.05, 4.69) is 9.71 Å². The lowest BCUT2D eigenvalue weighted by atomic mass is 10.0. The molecule has 2 aliphatic heterocycles. The van der Waals surface area contributed by atoms with Gasteiger partial charge in [0, 0.05) is 20.5 Å². The van der Waals surface area contributed by atoms with Crippen LogP contribution in [0.1, 0.15) is 19.8 Å². The van der Waals surface area contributed by atoms with Crippen LogP contribution in [-0.4, -0.2) is 71.5 Å². The van der Waals surface area contributed by atoms with Crippen LogP contribution in [0.25, 0.3) is 0 Å². The van der Waals surface area contributed by atoms with Crippen molar-refractivity contribution in [1.29, 1.82) is 0 Å². The lowest BCUT2D eigenvalue weighted by molar-refractivity contribution is -0.140. The molecule has 0 radical (unpaired) electrons. The van der Waals surface area contributed by atoms with Gasteiger partial charge in [0.15, 0.2) is 0 Å². The second-order valence-electron chi connectivity index (χ2n) is 5.06. The molecule has 0 aliphatic carbocycles. The Kier molecular flexibility index (Phi) is 4.26.